The minimum Gasteiger partial charge on any atom is -0.365 e. The number of carbonyl (C=O) groups is 2. The van der Waals surface area contributed by atoms with Crippen LogP contribution in [0.3, 0.4) is 0 Å². The minimum absolute atomic E-state index is 0.00718. The molecule has 1 aromatic carbocycles. The van der Waals surface area contributed by atoms with Gasteiger partial charge in [0, 0.05) is 18.1 Å². The van der Waals surface area contributed by atoms with Gasteiger partial charge < -0.3 is 11.1 Å². The number of nitrogens with one attached hydrogen (secondary N) is 1. The van der Waals surface area contributed by atoms with Gasteiger partial charge in [-0.2, -0.15) is 18.3 Å². The van der Waals surface area contributed by atoms with Crippen molar-refractivity contribution in [2.75, 3.05) is 5.32 Å². The number of amides is 2. The molecular formula is C22H17BrF3N5O2S. The summed E-state index contributed by atoms with van der Waals surface area (Å²) in [6.07, 6.45) is -3.10. The Kier molecular flexibility index (Phi) is 6.21. The number of nitrogens with two attached hydrogens (primary N) is 1. The van der Waals surface area contributed by atoms with Gasteiger partial charge in [0.15, 0.2) is 5.69 Å². The molecule has 0 spiro atoms. The molecule has 0 atom stereocenters. The summed E-state index contributed by atoms with van der Waals surface area (Å²) >= 11 is 3.97. The van der Waals surface area contributed by atoms with Gasteiger partial charge in [-0.25, -0.2) is 4.98 Å². The first kappa shape index (κ1) is 23.9. The number of pyridine rings is 1. The zero-order chi connectivity index (χ0) is 24.8. The topological polar surface area (TPSA) is 103 Å². The second-order valence-electron chi connectivity index (χ2n) is 7.40. The van der Waals surface area contributed by atoms with Gasteiger partial charge in [0.1, 0.15) is 15.4 Å². The van der Waals surface area contributed by atoms with Gasteiger partial charge >= 0.3 is 6.18 Å². The van der Waals surface area contributed by atoms with E-state index in [4.69, 9.17) is 5.73 Å². The van der Waals surface area contributed by atoms with Crippen molar-refractivity contribution in [2.24, 2.45) is 5.73 Å². The van der Waals surface area contributed by atoms with E-state index in [-0.39, 0.29) is 32.0 Å². The monoisotopic (exact) mass is 551 g/mol. The van der Waals surface area contributed by atoms with Gasteiger partial charge in [-0.15, -0.1) is 11.3 Å². The number of benzene rings is 1. The molecule has 0 aliphatic rings. The first-order valence-electron chi connectivity index (χ1n) is 9.95. The van der Waals surface area contributed by atoms with E-state index in [0.29, 0.717) is 27.9 Å². The van der Waals surface area contributed by atoms with Crippen molar-refractivity contribution >= 4 is 55.0 Å². The lowest BCUT2D eigenvalue weighted by atomic mass is 10.00. The number of aromatic nitrogens is 3. The molecule has 4 aromatic rings. The summed E-state index contributed by atoms with van der Waals surface area (Å²) in [7, 11) is 0. The Morgan fingerprint density at radius 3 is 2.47 bits per heavy atom. The number of aryl methyl sites for hydroxylation is 2. The summed E-state index contributed by atoms with van der Waals surface area (Å²) in [6, 6.07) is 7.74. The van der Waals surface area contributed by atoms with Crippen molar-refractivity contribution in [1.29, 1.82) is 0 Å². The summed E-state index contributed by atoms with van der Waals surface area (Å²) in [5.41, 5.74) is 5.99. The summed E-state index contributed by atoms with van der Waals surface area (Å²) in [5.74, 6) is -1.56. The lowest BCUT2D eigenvalue weighted by Crippen LogP contribution is -2.18. The van der Waals surface area contributed by atoms with Crippen molar-refractivity contribution < 1.29 is 22.8 Å². The van der Waals surface area contributed by atoms with Crippen LogP contribution in [0, 0.1) is 6.92 Å². The van der Waals surface area contributed by atoms with Crippen LogP contribution in [-0.2, 0) is 12.7 Å². The second kappa shape index (κ2) is 8.84. The summed E-state index contributed by atoms with van der Waals surface area (Å²) in [5, 5.41) is 7.00. The average Bonchev–Trinajstić information content (AvgIpc) is 3.33. The van der Waals surface area contributed by atoms with E-state index in [9.17, 15) is 22.8 Å². The minimum atomic E-state index is -4.72. The molecule has 34 heavy (non-hydrogen) atoms. The molecular weight excluding hydrogens is 535 g/mol. The van der Waals surface area contributed by atoms with Crippen molar-refractivity contribution in [3.63, 3.8) is 0 Å². The smallest absolute Gasteiger partial charge is 0.365 e. The predicted molar refractivity (Wildman–Crippen MR) is 127 cm³/mol. The Hall–Kier alpha value is -3.25. The van der Waals surface area contributed by atoms with Crippen LogP contribution in [0.5, 0.6) is 0 Å². The number of nitrogens with zero attached hydrogens (tertiary/aromatic N) is 3. The van der Waals surface area contributed by atoms with Gasteiger partial charge in [0.25, 0.3) is 11.8 Å². The molecule has 0 aliphatic carbocycles. The van der Waals surface area contributed by atoms with Gasteiger partial charge in [0.05, 0.1) is 10.2 Å². The zero-order valence-corrected chi connectivity index (χ0v) is 20.2. The number of thiophene rings is 1. The molecule has 0 bridgehead atoms. The highest BCUT2D eigenvalue weighted by Gasteiger charge is 2.35. The molecule has 0 fully saturated rings. The largest absolute Gasteiger partial charge is 0.433 e. The molecule has 0 saturated carbocycles. The van der Waals surface area contributed by atoms with Crippen LogP contribution in [0.4, 0.5) is 18.9 Å². The molecule has 0 saturated heterocycles. The third-order valence-electron chi connectivity index (χ3n) is 5.03. The lowest BCUT2D eigenvalue weighted by Gasteiger charge is -2.12. The molecule has 4 rings (SSSR count). The van der Waals surface area contributed by atoms with E-state index in [2.05, 4.69) is 31.3 Å². The molecule has 12 heteroatoms. The average molecular weight is 552 g/mol. The number of fused-ring (bicyclic) bond motifs is 1. The first-order chi connectivity index (χ1) is 16.0. The molecule has 3 aromatic heterocycles. The van der Waals surface area contributed by atoms with E-state index in [1.165, 1.54) is 4.68 Å². The molecule has 3 heterocycles. The lowest BCUT2D eigenvalue weighted by molar-refractivity contribution is -0.140. The summed E-state index contributed by atoms with van der Waals surface area (Å²) in [6.45, 7) is 4.21. The maximum atomic E-state index is 13.6. The van der Waals surface area contributed by atoms with E-state index >= 15 is 0 Å². The van der Waals surface area contributed by atoms with E-state index in [1.807, 2.05) is 13.8 Å². The van der Waals surface area contributed by atoms with Gasteiger partial charge in [0.2, 0.25) is 0 Å². The molecule has 176 valence electrons. The van der Waals surface area contributed by atoms with Crippen molar-refractivity contribution in [3.05, 3.63) is 62.8 Å². The fraction of sp³-hybridized carbons (Fsp3) is 0.182. The maximum absolute atomic E-state index is 13.6. The number of hydrogen-bond acceptors (Lipinski definition) is 5. The fourth-order valence-corrected chi connectivity index (χ4v) is 4.89. The van der Waals surface area contributed by atoms with Crippen LogP contribution in [-0.4, -0.2) is 26.6 Å². The van der Waals surface area contributed by atoms with Crippen LogP contribution in [0.25, 0.3) is 21.3 Å². The van der Waals surface area contributed by atoms with E-state index in [0.717, 1.165) is 11.6 Å². The number of primary amides is 1. The van der Waals surface area contributed by atoms with Crippen molar-refractivity contribution in [3.8, 4) is 11.1 Å². The number of alkyl halides is 3. The van der Waals surface area contributed by atoms with Crippen LogP contribution < -0.4 is 11.1 Å². The molecule has 0 unspecified atom stereocenters. The van der Waals surface area contributed by atoms with Crippen molar-refractivity contribution in [2.45, 2.75) is 26.6 Å². The Morgan fingerprint density at radius 1 is 1.24 bits per heavy atom. The van der Waals surface area contributed by atoms with Crippen LogP contribution >= 0.6 is 27.3 Å². The molecule has 2 amide bonds. The number of carbonyl (C=O) groups excluding carboxylic acids is 2. The standard InChI is InChI=1S/C22H17BrF3N5O2S/c1-3-31-9-13(23)16(30-31)20(33)29-17-15-12(11-6-4-10(2)5-7-11)8-14(22(24,25)26)28-21(15)34-18(17)19(27)32/h4-9H,3H2,1-2H3,(H2,27,32)(H,29,33). The highest BCUT2D eigenvalue weighted by molar-refractivity contribution is 9.10. The predicted octanol–water partition coefficient (Wildman–Crippen LogP) is 5.62. The normalized spacial score (nSPS) is 11.7. The third kappa shape index (κ3) is 4.42. The Labute approximate surface area is 203 Å². The maximum Gasteiger partial charge on any atom is 0.433 e. The van der Waals surface area contributed by atoms with E-state index < -0.39 is 23.7 Å². The molecule has 0 radical (unpaired) electrons. The Balaban J connectivity index is 1.97. The molecule has 0 aliphatic heterocycles. The van der Waals surface area contributed by atoms with Gasteiger partial charge in [-0.05, 0) is 47.0 Å². The molecule has 7 nitrogen and oxygen atoms in total. The Bertz CT molecular complexity index is 1430. The zero-order valence-electron chi connectivity index (χ0n) is 17.8. The van der Waals surface area contributed by atoms with Crippen LogP contribution in [0.15, 0.2) is 41.0 Å². The third-order valence-corrected chi connectivity index (χ3v) is 6.71. The number of rotatable bonds is 5. The van der Waals surface area contributed by atoms with Gasteiger partial charge in [-0.1, -0.05) is 29.8 Å². The second-order valence-corrected chi connectivity index (χ2v) is 9.26. The highest BCUT2D eigenvalue weighted by atomic mass is 79.9. The quantitative estimate of drug-likeness (QED) is 0.336. The number of halogens is 4. The molecule has 3 N–H and O–H groups in total. The Morgan fingerprint density at radius 2 is 1.91 bits per heavy atom. The number of hydrogen-bond donors (Lipinski definition) is 2. The van der Waals surface area contributed by atoms with Crippen molar-refractivity contribution in [1.82, 2.24) is 14.8 Å². The summed E-state index contributed by atoms with van der Waals surface area (Å²) < 4.78 is 42.8. The van der Waals surface area contributed by atoms with Crippen LogP contribution in [0.1, 0.15) is 38.3 Å². The van der Waals surface area contributed by atoms with Crippen LogP contribution in [0.2, 0.25) is 0 Å². The summed E-state index contributed by atoms with van der Waals surface area (Å²) in [4.78, 5) is 28.8. The SMILES string of the molecule is CCn1cc(Br)c(C(=O)Nc2c(C(N)=O)sc3nc(C(F)(F)F)cc(-c4ccc(C)cc4)c23)n1. The number of anilines is 1. The fourth-order valence-electron chi connectivity index (χ4n) is 3.38. The first-order valence-corrected chi connectivity index (χ1v) is 11.6. The van der Waals surface area contributed by atoms with E-state index in [1.54, 1.807) is 30.5 Å². The van der Waals surface area contributed by atoms with Gasteiger partial charge in [-0.3, -0.25) is 14.3 Å². The highest BCUT2D eigenvalue weighted by Crippen LogP contribution is 2.43.